The summed E-state index contributed by atoms with van der Waals surface area (Å²) < 4.78 is 11.1. The van der Waals surface area contributed by atoms with Gasteiger partial charge in [-0.1, -0.05) is 13.0 Å². The average molecular weight is 303 g/mol. The summed E-state index contributed by atoms with van der Waals surface area (Å²) in [5.41, 5.74) is 0.971. The van der Waals surface area contributed by atoms with E-state index in [1.807, 2.05) is 18.2 Å². The van der Waals surface area contributed by atoms with Gasteiger partial charge in [0.05, 0.1) is 19.8 Å². The lowest BCUT2D eigenvalue weighted by Gasteiger charge is -2.35. The van der Waals surface area contributed by atoms with Gasteiger partial charge >= 0.3 is 0 Å². The van der Waals surface area contributed by atoms with E-state index in [0.717, 1.165) is 43.9 Å². The van der Waals surface area contributed by atoms with Crippen LogP contribution in [0.3, 0.4) is 0 Å². The summed E-state index contributed by atoms with van der Waals surface area (Å²) in [7, 11) is 3.75. The van der Waals surface area contributed by atoms with Gasteiger partial charge in [-0.2, -0.15) is 5.26 Å². The van der Waals surface area contributed by atoms with Crippen LogP contribution in [-0.2, 0) is 0 Å². The first-order chi connectivity index (χ1) is 10.7. The first-order valence-corrected chi connectivity index (χ1v) is 7.82. The second-order valence-corrected chi connectivity index (χ2v) is 5.63. The summed E-state index contributed by atoms with van der Waals surface area (Å²) in [5, 5.41) is 9.61. The van der Waals surface area contributed by atoms with E-state index >= 15 is 0 Å². The maximum absolute atomic E-state index is 9.61. The van der Waals surface area contributed by atoms with Crippen LogP contribution in [0, 0.1) is 11.3 Å². The number of hydrogen-bond donors (Lipinski definition) is 0. The summed E-state index contributed by atoms with van der Waals surface area (Å²) >= 11 is 0. The molecule has 120 valence electrons. The SMILES string of the molecule is CCCOc1cc(C(C#N)N2CCN(C)CC2)ccc1OC. The monoisotopic (exact) mass is 303 g/mol. The summed E-state index contributed by atoms with van der Waals surface area (Å²) in [5.74, 6) is 1.43. The number of likely N-dealkylation sites (N-methyl/N-ethyl adjacent to an activating group) is 1. The molecule has 1 aliphatic heterocycles. The van der Waals surface area contributed by atoms with Crippen molar-refractivity contribution in [2.75, 3.05) is 46.9 Å². The van der Waals surface area contributed by atoms with Gasteiger partial charge in [0.2, 0.25) is 0 Å². The zero-order chi connectivity index (χ0) is 15.9. The van der Waals surface area contributed by atoms with Crippen LogP contribution in [0.1, 0.15) is 24.9 Å². The number of methoxy groups -OCH3 is 1. The van der Waals surface area contributed by atoms with Crippen molar-refractivity contribution in [1.29, 1.82) is 5.26 Å². The molecule has 0 bridgehead atoms. The van der Waals surface area contributed by atoms with E-state index < -0.39 is 0 Å². The molecule has 1 atom stereocenters. The molecule has 0 amide bonds. The Morgan fingerprint density at radius 1 is 1.23 bits per heavy atom. The highest BCUT2D eigenvalue weighted by molar-refractivity contribution is 5.45. The summed E-state index contributed by atoms with van der Waals surface area (Å²) in [6.45, 7) is 6.52. The largest absolute Gasteiger partial charge is 0.493 e. The fourth-order valence-electron chi connectivity index (χ4n) is 2.64. The second kappa shape index (κ2) is 8.02. The Morgan fingerprint density at radius 2 is 1.95 bits per heavy atom. The van der Waals surface area contributed by atoms with Crippen molar-refractivity contribution in [3.8, 4) is 17.6 Å². The van der Waals surface area contributed by atoms with Crippen molar-refractivity contribution in [3.05, 3.63) is 23.8 Å². The fraction of sp³-hybridized carbons (Fsp3) is 0.588. The number of benzene rings is 1. The van der Waals surface area contributed by atoms with Crippen molar-refractivity contribution in [2.45, 2.75) is 19.4 Å². The maximum atomic E-state index is 9.61. The van der Waals surface area contributed by atoms with E-state index in [9.17, 15) is 5.26 Å². The molecule has 22 heavy (non-hydrogen) atoms. The third kappa shape index (κ3) is 3.90. The second-order valence-electron chi connectivity index (χ2n) is 5.63. The Bertz CT molecular complexity index is 519. The van der Waals surface area contributed by atoms with Gasteiger partial charge in [-0.15, -0.1) is 0 Å². The minimum Gasteiger partial charge on any atom is -0.493 e. The molecule has 5 heteroatoms. The molecular formula is C17H25N3O2. The third-order valence-electron chi connectivity index (χ3n) is 3.99. The van der Waals surface area contributed by atoms with Crippen LogP contribution < -0.4 is 9.47 Å². The van der Waals surface area contributed by atoms with Crippen molar-refractivity contribution < 1.29 is 9.47 Å². The predicted molar refractivity (Wildman–Crippen MR) is 86.2 cm³/mol. The fourth-order valence-corrected chi connectivity index (χ4v) is 2.64. The number of piperazine rings is 1. The number of nitriles is 1. The minimum absolute atomic E-state index is 0.233. The van der Waals surface area contributed by atoms with E-state index in [-0.39, 0.29) is 6.04 Å². The summed E-state index contributed by atoms with van der Waals surface area (Å²) in [4.78, 5) is 4.51. The molecule has 1 aliphatic rings. The van der Waals surface area contributed by atoms with Gasteiger partial charge in [0.15, 0.2) is 11.5 Å². The maximum Gasteiger partial charge on any atom is 0.161 e. The van der Waals surface area contributed by atoms with Gasteiger partial charge in [-0.25, -0.2) is 0 Å². The first-order valence-electron chi connectivity index (χ1n) is 7.82. The molecule has 0 N–H and O–H groups in total. The van der Waals surface area contributed by atoms with Crippen molar-refractivity contribution in [2.24, 2.45) is 0 Å². The summed E-state index contributed by atoms with van der Waals surface area (Å²) in [6.07, 6.45) is 0.938. The molecule has 1 saturated heterocycles. The lowest BCUT2D eigenvalue weighted by molar-refractivity contribution is 0.132. The average Bonchev–Trinajstić information content (AvgIpc) is 2.55. The Hall–Kier alpha value is -1.77. The van der Waals surface area contributed by atoms with Crippen LogP contribution in [-0.4, -0.2) is 56.7 Å². The highest BCUT2D eigenvalue weighted by Gasteiger charge is 2.24. The highest BCUT2D eigenvalue weighted by Crippen LogP contribution is 2.32. The third-order valence-corrected chi connectivity index (χ3v) is 3.99. The van der Waals surface area contributed by atoms with Crippen LogP contribution in [0.4, 0.5) is 0 Å². The Balaban J connectivity index is 2.20. The van der Waals surface area contributed by atoms with E-state index in [4.69, 9.17) is 9.47 Å². The van der Waals surface area contributed by atoms with Gasteiger partial charge in [-0.3, -0.25) is 4.90 Å². The smallest absolute Gasteiger partial charge is 0.161 e. The van der Waals surface area contributed by atoms with E-state index in [2.05, 4.69) is 29.8 Å². The molecule has 5 nitrogen and oxygen atoms in total. The lowest BCUT2D eigenvalue weighted by Crippen LogP contribution is -2.45. The molecule has 1 aromatic rings. The summed E-state index contributed by atoms with van der Waals surface area (Å²) in [6, 6.07) is 8.00. The number of hydrogen-bond acceptors (Lipinski definition) is 5. The predicted octanol–water partition coefficient (Wildman–Crippen LogP) is 2.30. The van der Waals surface area contributed by atoms with Crippen LogP contribution in [0.5, 0.6) is 11.5 Å². The topological polar surface area (TPSA) is 48.7 Å². The van der Waals surface area contributed by atoms with Gasteiger partial charge in [0, 0.05) is 26.2 Å². The minimum atomic E-state index is -0.233. The Morgan fingerprint density at radius 3 is 2.55 bits per heavy atom. The standard InChI is InChI=1S/C17H25N3O2/c1-4-11-22-17-12-14(5-6-16(17)21-3)15(13-18)20-9-7-19(2)8-10-20/h5-6,12,15H,4,7-11H2,1-3H3. The van der Waals surface area contributed by atoms with Crippen LogP contribution in [0.15, 0.2) is 18.2 Å². The van der Waals surface area contributed by atoms with Gasteiger partial charge < -0.3 is 14.4 Å². The quantitative estimate of drug-likeness (QED) is 0.807. The van der Waals surface area contributed by atoms with E-state index in [1.165, 1.54) is 0 Å². The Kier molecular flexibility index (Phi) is 6.05. The zero-order valence-corrected chi connectivity index (χ0v) is 13.7. The molecule has 0 saturated carbocycles. The molecule has 1 fully saturated rings. The lowest BCUT2D eigenvalue weighted by atomic mass is 10.0. The molecule has 1 aromatic carbocycles. The van der Waals surface area contributed by atoms with Gasteiger partial charge in [0.1, 0.15) is 6.04 Å². The molecule has 1 unspecified atom stereocenters. The highest BCUT2D eigenvalue weighted by atomic mass is 16.5. The molecule has 0 aromatic heterocycles. The Labute approximate surface area is 133 Å². The van der Waals surface area contributed by atoms with E-state index in [0.29, 0.717) is 12.4 Å². The molecular weight excluding hydrogens is 278 g/mol. The van der Waals surface area contributed by atoms with Gasteiger partial charge in [0.25, 0.3) is 0 Å². The van der Waals surface area contributed by atoms with Crippen LogP contribution >= 0.6 is 0 Å². The molecule has 0 aliphatic carbocycles. The molecule has 0 radical (unpaired) electrons. The molecule has 2 rings (SSSR count). The number of ether oxygens (including phenoxy) is 2. The van der Waals surface area contributed by atoms with Crippen LogP contribution in [0.2, 0.25) is 0 Å². The number of nitrogens with zero attached hydrogens (tertiary/aromatic N) is 3. The zero-order valence-electron chi connectivity index (χ0n) is 13.7. The van der Waals surface area contributed by atoms with Crippen molar-refractivity contribution in [1.82, 2.24) is 9.80 Å². The normalized spacial score (nSPS) is 17.7. The van der Waals surface area contributed by atoms with Crippen molar-refractivity contribution >= 4 is 0 Å². The van der Waals surface area contributed by atoms with Gasteiger partial charge in [-0.05, 0) is 31.2 Å². The molecule has 1 heterocycles. The number of rotatable bonds is 6. The van der Waals surface area contributed by atoms with Crippen molar-refractivity contribution in [3.63, 3.8) is 0 Å². The van der Waals surface area contributed by atoms with Crippen LogP contribution in [0.25, 0.3) is 0 Å². The van der Waals surface area contributed by atoms with E-state index in [1.54, 1.807) is 7.11 Å². The molecule has 0 spiro atoms. The first kappa shape index (κ1) is 16.6.